The SMILES string of the molecule is COC(=O)[C@H](C)[C@H]1OC(=O)[C@H](C)C[C@@H]1C. The van der Waals surface area contributed by atoms with Crippen LogP contribution >= 0.6 is 0 Å². The third-order valence-corrected chi connectivity index (χ3v) is 3.01. The Hall–Kier alpha value is -1.06. The molecule has 1 saturated heterocycles. The number of hydrogen-bond donors (Lipinski definition) is 0. The molecule has 15 heavy (non-hydrogen) atoms. The third-order valence-electron chi connectivity index (χ3n) is 3.01. The molecule has 86 valence electrons. The number of methoxy groups -OCH3 is 1. The van der Waals surface area contributed by atoms with Gasteiger partial charge in [-0.2, -0.15) is 0 Å². The summed E-state index contributed by atoms with van der Waals surface area (Å²) in [5.41, 5.74) is 0. The first-order chi connectivity index (χ1) is 6.97. The van der Waals surface area contributed by atoms with Gasteiger partial charge in [0.15, 0.2) is 0 Å². The summed E-state index contributed by atoms with van der Waals surface area (Å²) >= 11 is 0. The molecular formula is C11H18O4. The maximum absolute atomic E-state index is 11.4. The van der Waals surface area contributed by atoms with E-state index < -0.39 is 0 Å². The van der Waals surface area contributed by atoms with Crippen molar-refractivity contribution in [2.75, 3.05) is 7.11 Å². The lowest BCUT2D eigenvalue weighted by atomic mass is 9.84. The molecule has 0 saturated carbocycles. The number of rotatable bonds is 2. The molecule has 0 aromatic rings. The van der Waals surface area contributed by atoms with E-state index in [2.05, 4.69) is 4.74 Å². The van der Waals surface area contributed by atoms with Gasteiger partial charge in [-0.05, 0) is 19.3 Å². The Labute approximate surface area is 89.9 Å². The van der Waals surface area contributed by atoms with Crippen molar-refractivity contribution in [3.63, 3.8) is 0 Å². The van der Waals surface area contributed by atoms with Crippen LogP contribution in [-0.2, 0) is 19.1 Å². The van der Waals surface area contributed by atoms with Crippen molar-refractivity contribution >= 4 is 11.9 Å². The molecule has 1 aliphatic heterocycles. The fourth-order valence-corrected chi connectivity index (χ4v) is 2.07. The van der Waals surface area contributed by atoms with Gasteiger partial charge in [0.2, 0.25) is 0 Å². The third kappa shape index (κ3) is 2.49. The van der Waals surface area contributed by atoms with Crippen LogP contribution in [0.4, 0.5) is 0 Å². The molecular weight excluding hydrogens is 196 g/mol. The zero-order chi connectivity index (χ0) is 11.6. The molecule has 0 radical (unpaired) electrons. The zero-order valence-corrected chi connectivity index (χ0v) is 9.65. The number of cyclic esters (lactones) is 1. The van der Waals surface area contributed by atoms with Gasteiger partial charge in [0.1, 0.15) is 6.10 Å². The van der Waals surface area contributed by atoms with Gasteiger partial charge in [-0.3, -0.25) is 9.59 Å². The predicted molar refractivity (Wildman–Crippen MR) is 54.0 cm³/mol. The summed E-state index contributed by atoms with van der Waals surface area (Å²) in [7, 11) is 1.34. The summed E-state index contributed by atoms with van der Waals surface area (Å²) in [6.07, 6.45) is 0.423. The molecule has 1 rings (SSSR count). The molecule has 1 aliphatic rings. The van der Waals surface area contributed by atoms with Gasteiger partial charge in [-0.1, -0.05) is 13.8 Å². The first-order valence-electron chi connectivity index (χ1n) is 5.25. The minimum absolute atomic E-state index is 0.0684. The van der Waals surface area contributed by atoms with Crippen LogP contribution in [0.5, 0.6) is 0 Å². The van der Waals surface area contributed by atoms with Gasteiger partial charge < -0.3 is 9.47 Å². The van der Waals surface area contributed by atoms with Gasteiger partial charge in [0, 0.05) is 0 Å². The number of carbonyl (C=O) groups is 2. The van der Waals surface area contributed by atoms with Crippen molar-refractivity contribution in [3.05, 3.63) is 0 Å². The van der Waals surface area contributed by atoms with Gasteiger partial charge in [0.05, 0.1) is 18.9 Å². The van der Waals surface area contributed by atoms with Gasteiger partial charge >= 0.3 is 11.9 Å². The number of esters is 2. The van der Waals surface area contributed by atoms with Crippen molar-refractivity contribution in [1.82, 2.24) is 0 Å². The largest absolute Gasteiger partial charge is 0.469 e. The van der Waals surface area contributed by atoms with E-state index in [-0.39, 0.29) is 35.8 Å². The van der Waals surface area contributed by atoms with E-state index in [1.165, 1.54) is 7.11 Å². The molecule has 0 aromatic heterocycles. The molecule has 0 aromatic carbocycles. The summed E-state index contributed by atoms with van der Waals surface area (Å²) in [6, 6.07) is 0. The highest BCUT2D eigenvalue weighted by Crippen LogP contribution is 2.30. The van der Waals surface area contributed by atoms with Crippen LogP contribution in [-0.4, -0.2) is 25.2 Å². The lowest BCUT2D eigenvalue weighted by Gasteiger charge is -2.34. The highest BCUT2D eigenvalue weighted by Gasteiger charge is 2.38. The van der Waals surface area contributed by atoms with Crippen LogP contribution in [0.1, 0.15) is 27.2 Å². The normalized spacial score (nSPS) is 33.1. The Morgan fingerprint density at radius 2 is 2.13 bits per heavy atom. The summed E-state index contributed by atoms with van der Waals surface area (Å²) < 4.78 is 9.90. The molecule has 0 amide bonds. The quantitative estimate of drug-likeness (QED) is 0.652. The van der Waals surface area contributed by atoms with Crippen LogP contribution in [0.15, 0.2) is 0 Å². The Balaban J connectivity index is 2.69. The minimum atomic E-state index is -0.388. The number of carbonyl (C=O) groups excluding carboxylic acids is 2. The lowest BCUT2D eigenvalue weighted by Crippen LogP contribution is -2.42. The molecule has 0 aliphatic carbocycles. The molecule has 4 heteroatoms. The smallest absolute Gasteiger partial charge is 0.312 e. The molecule has 4 atom stereocenters. The van der Waals surface area contributed by atoms with Crippen molar-refractivity contribution in [3.8, 4) is 0 Å². The van der Waals surface area contributed by atoms with Crippen LogP contribution in [0.2, 0.25) is 0 Å². The van der Waals surface area contributed by atoms with Crippen molar-refractivity contribution in [2.24, 2.45) is 17.8 Å². The van der Waals surface area contributed by atoms with E-state index in [1.54, 1.807) is 6.92 Å². The Kier molecular flexibility index (Phi) is 3.72. The van der Waals surface area contributed by atoms with Gasteiger partial charge in [-0.25, -0.2) is 0 Å². The average Bonchev–Trinajstić information content (AvgIpc) is 2.21. The fraction of sp³-hybridized carbons (Fsp3) is 0.818. The van der Waals surface area contributed by atoms with E-state index >= 15 is 0 Å². The molecule has 0 spiro atoms. The topological polar surface area (TPSA) is 52.6 Å². The van der Waals surface area contributed by atoms with Gasteiger partial charge in [-0.15, -0.1) is 0 Å². The molecule has 0 unspecified atom stereocenters. The maximum atomic E-state index is 11.4. The van der Waals surface area contributed by atoms with Gasteiger partial charge in [0.25, 0.3) is 0 Å². The maximum Gasteiger partial charge on any atom is 0.312 e. The van der Waals surface area contributed by atoms with E-state index in [0.717, 1.165) is 6.42 Å². The Morgan fingerprint density at radius 3 is 2.67 bits per heavy atom. The van der Waals surface area contributed by atoms with Crippen LogP contribution < -0.4 is 0 Å². The second kappa shape index (κ2) is 4.64. The summed E-state index contributed by atoms with van der Waals surface area (Å²) in [5.74, 6) is -0.794. The molecule has 0 bridgehead atoms. The number of ether oxygens (including phenoxy) is 2. The second-order valence-corrected chi connectivity index (χ2v) is 4.33. The minimum Gasteiger partial charge on any atom is -0.469 e. The second-order valence-electron chi connectivity index (χ2n) is 4.33. The van der Waals surface area contributed by atoms with Crippen LogP contribution in [0.3, 0.4) is 0 Å². The molecule has 4 nitrogen and oxygen atoms in total. The zero-order valence-electron chi connectivity index (χ0n) is 9.65. The highest BCUT2D eigenvalue weighted by atomic mass is 16.6. The molecule has 0 N–H and O–H groups in total. The van der Waals surface area contributed by atoms with E-state index in [4.69, 9.17) is 4.74 Å². The lowest BCUT2D eigenvalue weighted by molar-refractivity contribution is -0.173. The monoisotopic (exact) mass is 214 g/mol. The van der Waals surface area contributed by atoms with E-state index in [0.29, 0.717) is 0 Å². The van der Waals surface area contributed by atoms with Crippen molar-refractivity contribution < 1.29 is 19.1 Å². The standard InChI is InChI=1S/C11H18O4/c1-6-5-7(2)10(12)15-9(6)8(3)11(13)14-4/h6-9H,5H2,1-4H3/t6-,7+,8+,9-/m0/s1. The van der Waals surface area contributed by atoms with Crippen molar-refractivity contribution in [1.29, 1.82) is 0 Å². The summed E-state index contributed by atoms with van der Waals surface area (Å²) in [6.45, 7) is 5.57. The molecule has 1 fully saturated rings. The van der Waals surface area contributed by atoms with E-state index in [9.17, 15) is 9.59 Å². The first kappa shape index (κ1) is 12.0. The van der Waals surface area contributed by atoms with Crippen LogP contribution in [0, 0.1) is 17.8 Å². The fourth-order valence-electron chi connectivity index (χ4n) is 2.07. The van der Waals surface area contributed by atoms with Crippen molar-refractivity contribution in [2.45, 2.75) is 33.3 Å². The predicted octanol–water partition coefficient (Wildman–Crippen LogP) is 1.38. The van der Waals surface area contributed by atoms with E-state index in [1.807, 2.05) is 13.8 Å². The first-order valence-corrected chi connectivity index (χ1v) is 5.25. The highest BCUT2D eigenvalue weighted by molar-refractivity contribution is 5.76. The summed E-state index contributed by atoms with van der Waals surface area (Å²) in [5, 5.41) is 0. The number of hydrogen-bond acceptors (Lipinski definition) is 4. The summed E-state index contributed by atoms with van der Waals surface area (Å²) in [4.78, 5) is 22.7. The Bertz CT molecular complexity index is 259. The Morgan fingerprint density at radius 1 is 1.53 bits per heavy atom. The molecule has 1 heterocycles. The average molecular weight is 214 g/mol. The van der Waals surface area contributed by atoms with Crippen LogP contribution in [0.25, 0.3) is 0 Å².